The number of nitrogens with one attached hydrogen (secondary N) is 1. The molecule has 1 amide bonds. The molecule has 5 nitrogen and oxygen atoms in total. The van der Waals surface area contributed by atoms with Crippen molar-refractivity contribution in [3.05, 3.63) is 42.0 Å². The van der Waals surface area contributed by atoms with E-state index in [1.807, 2.05) is 36.7 Å². The minimum absolute atomic E-state index is 0.0326. The number of rotatable bonds is 4. The first kappa shape index (κ1) is 13.3. The van der Waals surface area contributed by atoms with Crippen molar-refractivity contribution in [1.82, 2.24) is 20.1 Å². The maximum Gasteiger partial charge on any atom is 0.217 e. The van der Waals surface area contributed by atoms with Crippen molar-refractivity contribution in [1.29, 1.82) is 0 Å². The Bertz CT molecular complexity index is 576. The lowest BCUT2D eigenvalue weighted by molar-refractivity contribution is -0.119. The largest absolute Gasteiger partial charge is 0.353 e. The van der Waals surface area contributed by atoms with E-state index >= 15 is 0 Å². The number of aryl methyl sites for hydroxylation is 1. The van der Waals surface area contributed by atoms with Crippen LogP contribution in [0.15, 0.2) is 30.6 Å². The second-order valence-electron chi connectivity index (χ2n) is 4.73. The summed E-state index contributed by atoms with van der Waals surface area (Å²) in [4.78, 5) is 15.3. The quantitative estimate of drug-likeness (QED) is 0.907. The smallest absolute Gasteiger partial charge is 0.217 e. The van der Waals surface area contributed by atoms with Crippen molar-refractivity contribution in [3.8, 4) is 5.69 Å². The van der Waals surface area contributed by atoms with E-state index in [-0.39, 0.29) is 11.9 Å². The van der Waals surface area contributed by atoms with Crippen molar-refractivity contribution in [3.63, 3.8) is 0 Å². The molecule has 2 rings (SSSR count). The Morgan fingerprint density at radius 2 is 2.26 bits per heavy atom. The van der Waals surface area contributed by atoms with Gasteiger partial charge in [0, 0.05) is 19.4 Å². The summed E-state index contributed by atoms with van der Waals surface area (Å²) in [5.41, 5.74) is 2.16. The van der Waals surface area contributed by atoms with Crippen molar-refractivity contribution in [2.24, 2.45) is 0 Å². The third-order valence-corrected chi connectivity index (χ3v) is 2.80. The number of aromatic nitrogens is 3. The van der Waals surface area contributed by atoms with Crippen LogP contribution < -0.4 is 5.32 Å². The molecule has 0 aliphatic rings. The fraction of sp³-hybridized carbons (Fsp3) is 0.357. The summed E-state index contributed by atoms with van der Waals surface area (Å²) in [6, 6.07) is 8.12. The van der Waals surface area contributed by atoms with Gasteiger partial charge in [0.1, 0.15) is 12.2 Å². The Morgan fingerprint density at radius 3 is 2.95 bits per heavy atom. The van der Waals surface area contributed by atoms with Crippen LogP contribution in [0.4, 0.5) is 0 Å². The highest BCUT2D eigenvalue weighted by Gasteiger charge is 2.11. The van der Waals surface area contributed by atoms with Gasteiger partial charge in [-0.25, -0.2) is 9.67 Å². The predicted octanol–water partition coefficient (Wildman–Crippen LogP) is 1.64. The number of amides is 1. The standard InChI is InChI=1S/C14H18N4O/c1-10-5-4-6-13(7-10)18-14(15-9-16-18)8-11(2)17-12(3)19/h4-7,9,11H,8H2,1-3H3,(H,17,19)/t11-/m1/s1. The van der Waals surface area contributed by atoms with Crippen LogP contribution >= 0.6 is 0 Å². The van der Waals surface area contributed by atoms with E-state index in [1.54, 1.807) is 0 Å². The second-order valence-corrected chi connectivity index (χ2v) is 4.73. The number of hydrogen-bond donors (Lipinski definition) is 1. The van der Waals surface area contributed by atoms with E-state index in [2.05, 4.69) is 21.5 Å². The first-order chi connectivity index (χ1) is 9.06. The molecule has 0 saturated carbocycles. The summed E-state index contributed by atoms with van der Waals surface area (Å²) in [6.07, 6.45) is 2.19. The molecule has 1 aromatic carbocycles. The molecule has 0 spiro atoms. The van der Waals surface area contributed by atoms with Gasteiger partial charge >= 0.3 is 0 Å². The predicted molar refractivity (Wildman–Crippen MR) is 73.1 cm³/mol. The highest BCUT2D eigenvalue weighted by Crippen LogP contribution is 2.11. The van der Waals surface area contributed by atoms with Crippen LogP contribution in [-0.4, -0.2) is 26.7 Å². The molecule has 0 bridgehead atoms. The fourth-order valence-electron chi connectivity index (χ4n) is 2.05. The number of benzene rings is 1. The fourth-order valence-corrected chi connectivity index (χ4v) is 2.05. The van der Waals surface area contributed by atoms with Gasteiger partial charge in [-0.05, 0) is 31.5 Å². The number of nitrogens with zero attached hydrogens (tertiary/aromatic N) is 3. The SMILES string of the molecule is CC(=O)N[C@H](C)Cc1ncnn1-c1cccc(C)c1. The van der Waals surface area contributed by atoms with Gasteiger partial charge in [-0.15, -0.1) is 0 Å². The lowest BCUT2D eigenvalue weighted by Crippen LogP contribution is -2.32. The van der Waals surface area contributed by atoms with Crippen LogP contribution in [0, 0.1) is 6.92 Å². The van der Waals surface area contributed by atoms with Crippen molar-refractivity contribution in [2.45, 2.75) is 33.2 Å². The molecule has 0 aliphatic heterocycles. The summed E-state index contributed by atoms with van der Waals surface area (Å²) in [5, 5.41) is 7.10. The number of carbonyl (C=O) groups is 1. The van der Waals surface area contributed by atoms with Crippen molar-refractivity contribution >= 4 is 5.91 Å². The molecule has 2 aromatic rings. The van der Waals surface area contributed by atoms with Crippen molar-refractivity contribution < 1.29 is 4.79 Å². The minimum atomic E-state index is -0.0332. The molecule has 1 aromatic heterocycles. The average Bonchev–Trinajstić information content (AvgIpc) is 2.75. The lowest BCUT2D eigenvalue weighted by atomic mass is 10.2. The van der Waals surface area contributed by atoms with Gasteiger partial charge in [0.15, 0.2) is 0 Å². The summed E-state index contributed by atoms with van der Waals surface area (Å²) < 4.78 is 1.81. The zero-order valence-corrected chi connectivity index (χ0v) is 11.4. The van der Waals surface area contributed by atoms with Gasteiger partial charge in [-0.1, -0.05) is 12.1 Å². The maximum absolute atomic E-state index is 11.0. The molecule has 100 valence electrons. The highest BCUT2D eigenvalue weighted by molar-refractivity contribution is 5.73. The van der Waals surface area contributed by atoms with Crippen LogP contribution in [-0.2, 0) is 11.2 Å². The molecule has 0 unspecified atom stereocenters. The minimum Gasteiger partial charge on any atom is -0.353 e. The Balaban J connectivity index is 2.20. The Morgan fingerprint density at radius 1 is 1.47 bits per heavy atom. The van der Waals surface area contributed by atoms with Gasteiger partial charge in [0.05, 0.1) is 5.69 Å². The van der Waals surface area contributed by atoms with E-state index in [9.17, 15) is 4.79 Å². The summed E-state index contributed by atoms with van der Waals surface area (Å²) in [7, 11) is 0. The zero-order chi connectivity index (χ0) is 13.8. The Labute approximate surface area is 112 Å². The van der Waals surface area contributed by atoms with Gasteiger partial charge in [0.2, 0.25) is 5.91 Å². The number of hydrogen-bond acceptors (Lipinski definition) is 3. The van der Waals surface area contributed by atoms with E-state index < -0.39 is 0 Å². The molecule has 0 saturated heterocycles. The second kappa shape index (κ2) is 5.65. The lowest BCUT2D eigenvalue weighted by Gasteiger charge is -2.13. The molecule has 5 heteroatoms. The van der Waals surface area contributed by atoms with Crippen LogP contribution in [0.2, 0.25) is 0 Å². The monoisotopic (exact) mass is 258 g/mol. The molecule has 19 heavy (non-hydrogen) atoms. The molecule has 1 heterocycles. The molecule has 0 fully saturated rings. The average molecular weight is 258 g/mol. The van der Waals surface area contributed by atoms with E-state index in [1.165, 1.54) is 18.8 Å². The van der Waals surface area contributed by atoms with Crippen LogP contribution in [0.5, 0.6) is 0 Å². The van der Waals surface area contributed by atoms with E-state index in [0.29, 0.717) is 6.42 Å². The van der Waals surface area contributed by atoms with E-state index in [4.69, 9.17) is 0 Å². The number of carbonyl (C=O) groups excluding carboxylic acids is 1. The molecule has 0 aliphatic carbocycles. The zero-order valence-electron chi connectivity index (χ0n) is 11.4. The first-order valence-electron chi connectivity index (χ1n) is 6.29. The van der Waals surface area contributed by atoms with Crippen LogP contribution in [0.3, 0.4) is 0 Å². The Hall–Kier alpha value is -2.17. The molecular weight excluding hydrogens is 240 g/mol. The van der Waals surface area contributed by atoms with E-state index in [0.717, 1.165) is 11.5 Å². The van der Waals surface area contributed by atoms with Crippen LogP contribution in [0.1, 0.15) is 25.2 Å². The van der Waals surface area contributed by atoms with Crippen molar-refractivity contribution in [2.75, 3.05) is 0 Å². The Kier molecular flexibility index (Phi) is 3.94. The molecular formula is C14H18N4O. The maximum atomic E-state index is 11.0. The summed E-state index contributed by atoms with van der Waals surface area (Å²) in [6.45, 7) is 5.51. The highest BCUT2D eigenvalue weighted by atomic mass is 16.1. The summed E-state index contributed by atoms with van der Waals surface area (Å²) >= 11 is 0. The summed E-state index contributed by atoms with van der Waals surface area (Å²) in [5.74, 6) is 0.806. The third kappa shape index (κ3) is 3.40. The molecule has 1 N–H and O–H groups in total. The van der Waals surface area contributed by atoms with Gasteiger partial charge < -0.3 is 5.32 Å². The normalized spacial score (nSPS) is 12.2. The third-order valence-electron chi connectivity index (χ3n) is 2.80. The first-order valence-corrected chi connectivity index (χ1v) is 6.29. The topological polar surface area (TPSA) is 59.8 Å². The van der Waals surface area contributed by atoms with Gasteiger partial charge in [-0.3, -0.25) is 4.79 Å². The van der Waals surface area contributed by atoms with Gasteiger partial charge in [0.25, 0.3) is 0 Å². The molecule has 0 radical (unpaired) electrons. The van der Waals surface area contributed by atoms with Crippen LogP contribution in [0.25, 0.3) is 5.69 Å². The molecule has 1 atom stereocenters. The van der Waals surface area contributed by atoms with Gasteiger partial charge in [-0.2, -0.15) is 5.10 Å².